The van der Waals surface area contributed by atoms with Crippen LogP contribution in [-0.2, 0) is 6.54 Å². The van der Waals surface area contributed by atoms with Crippen LogP contribution in [0.5, 0.6) is 0 Å². The molecule has 3 N–H and O–H groups in total. The number of carbonyl (C=O) groups is 1. The van der Waals surface area contributed by atoms with Crippen LogP contribution in [0.1, 0.15) is 15.9 Å². The number of hydrazine groups is 1. The maximum absolute atomic E-state index is 13.6. The Morgan fingerprint density at radius 2 is 2.14 bits per heavy atom. The molecule has 0 aliphatic carbocycles. The lowest BCUT2D eigenvalue weighted by atomic mass is 10.2. The number of nitrogens with one attached hydrogen (secondary N) is 1. The lowest BCUT2D eigenvalue weighted by Crippen LogP contribution is -2.27. The molecule has 0 radical (unpaired) electrons. The molecule has 7 heteroatoms. The molecule has 5 nitrogen and oxygen atoms in total. The number of amides is 1. The number of nitrogens with two attached hydrogens (primary N) is 1. The van der Waals surface area contributed by atoms with Crippen LogP contribution in [0, 0.1) is 5.82 Å². The van der Waals surface area contributed by atoms with Crippen LogP contribution in [0.4, 0.5) is 10.2 Å². The molecule has 0 bridgehead atoms. The first-order valence-corrected chi connectivity index (χ1v) is 6.52. The smallest absolute Gasteiger partial charge is 0.254 e. The molecule has 0 spiro atoms. The van der Waals surface area contributed by atoms with Crippen LogP contribution >= 0.6 is 11.6 Å². The minimum atomic E-state index is -0.353. The summed E-state index contributed by atoms with van der Waals surface area (Å²) in [6.45, 7) is 0.150. The maximum Gasteiger partial charge on any atom is 0.254 e. The molecule has 0 saturated carbocycles. The molecule has 1 amide bonds. The SMILES string of the molecule is CN(Cc1ccccc1F)C(=O)c1cc(Cl)nc(NN)c1. The summed E-state index contributed by atoms with van der Waals surface area (Å²) < 4.78 is 13.6. The summed E-state index contributed by atoms with van der Waals surface area (Å²) in [6.07, 6.45) is 0. The standard InChI is InChI=1S/C14H14ClFN4O/c1-20(8-9-4-2-3-5-11(9)16)14(21)10-6-12(15)18-13(7-10)19-17/h2-7H,8,17H2,1H3,(H,18,19). The molecule has 2 aromatic rings. The highest BCUT2D eigenvalue weighted by Gasteiger charge is 2.15. The summed E-state index contributed by atoms with van der Waals surface area (Å²) in [7, 11) is 1.58. The fourth-order valence-corrected chi connectivity index (χ4v) is 2.08. The van der Waals surface area contributed by atoms with E-state index in [0.29, 0.717) is 11.1 Å². The highest BCUT2D eigenvalue weighted by molar-refractivity contribution is 6.29. The average molecular weight is 309 g/mol. The number of anilines is 1. The molecule has 1 aromatic heterocycles. The first kappa shape index (κ1) is 15.2. The lowest BCUT2D eigenvalue weighted by molar-refractivity contribution is 0.0784. The summed E-state index contributed by atoms with van der Waals surface area (Å²) in [5, 5.41) is 0.146. The van der Waals surface area contributed by atoms with Crippen molar-refractivity contribution in [1.29, 1.82) is 0 Å². The Kier molecular flexibility index (Phi) is 4.72. The van der Waals surface area contributed by atoms with Gasteiger partial charge in [-0.15, -0.1) is 0 Å². The minimum Gasteiger partial charge on any atom is -0.337 e. The van der Waals surface area contributed by atoms with Gasteiger partial charge in [0.05, 0.1) is 0 Å². The Morgan fingerprint density at radius 1 is 1.43 bits per heavy atom. The molecule has 0 atom stereocenters. The molecule has 0 fully saturated rings. The molecule has 1 aromatic carbocycles. The van der Waals surface area contributed by atoms with E-state index in [9.17, 15) is 9.18 Å². The molecule has 2 rings (SSSR count). The second kappa shape index (κ2) is 6.51. The van der Waals surface area contributed by atoms with Crippen molar-refractivity contribution in [2.75, 3.05) is 12.5 Å². The van der Waals surface area contributed by atoms with Gasteiger partial charge in [0.25, 0.3) is 5.91 Å². The Labute approximate surface area is 126 Å². The van der Waals surface area contributed by atoms with Gasteiger partial charge in [0.1, 0.15) is 16.8 Å². The van der Waals surface area contributed by atoms with Crippen molar-refractivity contribution in [1.82, 2.24) is 9.88 Å². The minimum absolute atomic E-state index is 0.146. The van der Waals surface area contributed by atoms with E-state index in [2.05, 4.69) is 10.4 Å². The van der Waals surface area contributed by atoms with E-state index in [0.717, 1.165) is 0 Å². The van der Waals surface area contributed by atoms with Crippen molar-refractivity contribution in [2.45, 2.75) is 6.54 Å². The monoisotopic (exact) mass is 308 g/mol. The average Bonchev–Trinajstić information content (AvgIpc) is 2.48. The third kappa shape index (κ3) is 3.68. The first-order chi connectivity index (χ1) is 10.0. The van der Waals surface area contributed by atoms with E-state index in [1.807, 2.05) is 0 Å². The van der Waals surface area contributed by atoms with E-state index in [-0.39, 0.29) is 29.2 Å². The summed E-state index contributed by atoms with van der Waals surface area (Å²) in [5.41, 5.74) is 3.09. The normalized spacial score (nSPS) is 10.3. The highest BCUT2D eigenvalue weighted by Crippen LogP contribution is 2.17. The predicted molar refractivity (Wildman–Crippen MR) is 79.3 cm³/mol. The first-order valence-electron chi connectivity index (χ1n) is 6.14. The molecule has 0 unspecified atom stereocenters. The third-order valence-electron chi connectivity index (χ3n) is 2.90. The molecule has 0 aliphatic rings. The zero-order chi connectivity index (χ0) is 15.4. The fraction of sp³-hybridized carbons (Fsp3) is 0.143. The predicted octanol–water partition coefficient (Wildman–Crippen LogP) is 2.43. The Balaban J connectivity index is 2.20. The van der Waals surface area contributed by atoms with Gasteiger partial charge >= 0.3 is 0 Å². The van der Waals surface area contributed by atoms with Gasteiger partial charge < -0.3 is 10.3 Å². The third-order valence-corrected chi connectivity index (χ3v) is 3.09. The summed E-state index contributed by atoms with van der Waals surface area (Å²) in [6, 6.07) is 9.21. The number of halogens is 2. The van der Waals surface area contributed by atoms with E-state index >= 15 is 0 Å². The van der Waals surface area contributed by atoms with Gasteiger partial charge in [-0.05, 0) is 18.2 Å². The Morgan fingerprint density at radius 3 is 2.81 bits per heavy atom. The number of hydrogen-bond acceptors (Lipinski definition) is 4. The van der Waals surface area contributed by atoms with Crippen molar-refractivity contribution in [3.8, 4) is 0 Å². The van der Waals surface area contributed by atoms with Crippen LogP contribution in [0.15, 0.2) is 36.4 Å². The van der Waals surface area contributed by atoms with Gasteiger partial charge in [0.2, 0.25) is 0 Å². The molecule has 1 heterocycles. The van der Waals surface area contributed by atoms with Gasteiger partial charge in [0.15, 0.2) is 0 Å². The number of benzene rings is 1. The second-order valence-corrected chi connectivity index (χ2v) is 4.85. The van der Waals surface area contributed by atoms with E-state index < -0.39 is 0 Å². The van der Waals surface area contributed by atoms with Crippen molar-refractivity contribution >= 4 is 23.3 Å². The Bertz CT molecular complexity index is 665. The van der Waals surface area contributed by atoms with Crippen LogP contribution in [-0.4, -0.2) is 22.8 Å². The van der Waals surface area contributed by atoms with Gasteiger partial charge in [0, 0.05) is 24.7 Å². The fourth-order valence-electron chi connectivity index (χ4n) is 1.87. The quantitative estimate of drug-likeness (QED) is 0.517. The highest BCUT2D eigenvalue weighted by atomic mass is 35.5. The molecule has 21 heavy (non-hydrogen) atoms. The van der Waals surface area contributed by atoms with Crippen molar-refractivity contribution in [3.05, 3.63) is 58.5 Å². The van der Waals surface area contributed by atoms with E-state index in [1.54, 1.807) is 25.2 Å². The molecule has 0 aliphatic heterocycles. The number of aromatic nitrogens is 1. The maximum atomic E-state index is 13.6. The van der Waals surface area contributed by atoms with Crippen LogP contribution < -0.4 is 11.3 Å². The number of nitrogens with zero attached hydrogens (tertiary/aromatic N) is 2. The van der Waals surface area contributed by atoms with Crippen LogP contribution in [0.2, 0.25) is 5.15 Å². The van der Waals surface area contributed by atoms with Crippen LogP contribution in [0.3, 0.4) is 0 Å². The second-order valence-electron chi connectivity index (χ2n) is 4.46. The van der Waals surface area contributed by atoms with E-state index in [4.69, 9.17) is 17.4 Å². The van der Waals surface area contributed by atoms with Gasteiger partial charge in [-0.1, -0.05) is 29.8 Å². The number of carbonyl (C=O) groups excluding carboxylic acids is 1. The molecular formula is C14H14ClFN4O. The van der Waals surface area contributed by atoms with Crippen molar-refractivity contribution in [3.63, 3.8) is 0 Å². The topological polar surface area (TPSA) is 71.2 Å². The van der Waals surface area contributed by atoms with Gasteiger partial charge in [-0.2, -0.15) is 0 Å². The largest absolute Gasteiger partial charge is 0.337 e. The van der Waals surface area contributed by atoms with Crippen molar-refractivity contribution in [2.24, 2.45) is 5.84 Å². The summed E-state index contributed by atoms with van der Waals surface area (Å²) in [5.74, 6) is 4.89. The van der Waals surface area contributed by atoms with Gasteiger partial charge in [-0.3, -0.25) is 4.79 Å². The molecular weight excluding hydrogens is 295 g/mol. The number of pyridine rings is 1. The van der Waals surface area contributed by atoms with Crippen molar-refractivity contribution < 1.29 is 9.18 Å². The molecule has 110 valence electrons. The number of nitrogen functional groups attached to an aromatic ring is 1. The zero-order valence-electron chi connectivity index (χ0n) is 11.3. The number of rotatable bonds is 4. The molecule has 0 saturated heterocycles. The van der Waals surface area contributed by atoms with Gasteiger partial charge in [-0.25, -0.2) is 15.2 Å². The number of hydrogen-bond donors (Lipinski definition) is 2. The summed E-state index contributed by atoms with van der Waals surface area (Å²) in [4.78, 5) is 17.6. The Hall–Kier alpha value is -2.18. The summed E-state index contributed by atoms with van der Waals surface area (Å²) >= 11 is 5.83. The zero-order valence-corrected chi connectivity index (χ0v) is 12.1. The van der Waals surface area contributed by atoms with Crippen LogP contribution in [0.25, 0.3) is 0 Å². The van der Waals surface area contributed by atoms with E-state index in [1.165, 1.54) is 23.1 Å². The lowest BCUT2D eigenvalue weighted by Gasteiger charge is -2.18.